The average Bonchev–Trinajstić information content (AvgIpc) is 2.82. The zero-order chi connectivity index (χ0) is 25.2. The molecule has 0 radical (unpaired) electrons. The fraction of sp³-hybridized carbons (Fsp3) is 0.724. The summed E-state index contributed by atoms with van der Waals surface area (Å²) in [5.74, 6) is -0.259. The van der Waals surface area contributed by atoms with Crippen molar-refractivity contribution in [2.24, 2.45) is 5.41 Å². The molecule has 5 heteroatoms. The summed E-state index contributed by atoms with van der Waals surface area (Å²) >= 11 is 0. The van der Waals surface area contributed by atoms with Crippen LogP contribution in [-0.4, -0.2) is 24.6 Å². The molecule has 1 rings (SSSR count). The SMILES string of the molecule is CCCCCCCCCCCCCOC(=O)C(CC)(CC)C(=O)Oc1ccccc1OC(C)C. The van der Waals surface area contributed by atoms with Gasteiger partial charge in [-0.1, -0.05) is 97.1 Å². The number of esters is 2. The molecule has 0 aromatic heterocycles. The standard InChI is InChI=1S/C29H48O5/c1-6-9-10-11-12-13-14-15-16-17-20-23-32-27(30)29(7-2,8-3)28(31)34-26-22-19-18-21-25(26)33-24(4)5/h18-19,21-22,24H,6-17,20,23H2,1-5H3. The van der Waals surface area contributed by atoms with Crippen LogP contribution < -0.4 is 9.47 Å². The number of hydrogen-bond donors (Lipinski definition) is 0. The molecule has 0 fully saturated rings. The van der Waals surface area contributed by atoms with E-state index in [0.29, 0.717) is 30.9 Å². The van der Waals surface area contributed by atoms with Gasteiger partial charge < -0.3 is 14.2 Å². The Bertz CT molecular complexity index is 694. The molecule has 0 saturated carbocycles. The molecule has 0 unspecified atom stereocenters. The lowest BCUT2D eigenvalue weighted by Crippen LogP contribution is -2.42. The van der Waals surface area contributed by atoms with Crippen molar-refractivity contribution in [2.75, 3.05) is 6.61 Å². The molecule has 0 spiro atoms. The maximum absolute atomic E-state index is 13.1. The summed E-state index contributed by atoms with van der Waals surface area (Å²) in [6.45, 7) is 10.1. The third kappa shape index (κ3) is 10.5. The van der Waals surface area contributed by atoms with Crippen molar-refractivity contribution >= 4 is 11.9 Å². The Morgan fingerprint density at radius 1 is 0.735 bits per heavy atom. The molecule has 0 heterocycles. The number of carbonyl (C=O) groups excluding carboxylic acids is 2. The average molecular weight is 477 g/mol. The minimum absolute atomic E-state index is 0.0577. The highest BCUT2D eigenvalue weighted by atomic mass is 16.6. The Hall–Kier alpha value is -2.04. The molecule has 5 nitrogen and oxygen atoms in total. The van der Waals surface area contributed by atoms with E-state index in [1.807, 2.05) is 33.8 Å². The van der Waals surface area contributed by atoms with Crippen LogP contribution in [0, 0.1) is 5.41 Å². The Labute approximate surface area is 207 Å². The van der Waals surface area contributed by atoms with E-state index in [0.717, 1.165) is 19.3 Å². The van der Waals surface area contributed by atoms with E-state index in [9.17, 15) is 9.59 Å². The minimum atomic E-state index is -1.30. The quantitative estimate of drug-likeness (QED) is 0.0875. The van der Waals surface area contributed by atoms with Crippen molar-refractivity contribution in [1.82, 2.24) is 0 Å². The largest absolute Gasteiger partial charge is 0.487 e. The van der Waals surface area contributed by atoms with E-state index in [4.69, 9.17) is 14.2 Å². The van der Waals surface area contributed by atoms with Crippen molar-refractivity contribution in [1.29, 1.82) is 0 Å². The van der Waals surface area contributed by atoms with Gasteiger partial charge in [0.05, 0.1) is 12.7 Å². The Morgan fingerprint density at radius 2 is 1.24 bits per heavy atom. The first-order valence-corrected chi connectivity index (χ1v) is 13.6. The molecule has 0 aliphatic rings. The van der Waals surface area contributed by atoms with Crippen LogP contribution in [0.4, 0.5) is 0 Å². The summed E-state index contributed by atoms with van der Waals surface area (Å²) in [7, 11) is 0. The first kappa shape index (κ1) is 30.0. The lowest BCUT2D eigenvalue weighted by molar-refractivity contribution is -0.168. The second-order valence-corrected chi connectivity index (χ2v) is 9.46. The zero-order valence-electron chi connectivity index (χ0n) is 22.3. The minimum Gasteiger partial charge on any atom is -0.487 e. The number of para-hydroxylation sites is 2. The fourth-order valence-electron chi connectivity index (χ4n) is 4.06. The number of unbranched alkanes of at least 4 members (excludes halogenated alkanes) is 10. The van der Waals surface area contributed by atoms with Gasteiger partial charge in [0.2, 0.25) is 0 Å². The summed E-state index contributed by atoms with van der Waals surface area (Å²) in [4.78, 5) is 26.1. The molecule has 1 aromatic rings. The van der Waals surface area contributed by atoms with E-state index in [1.54, 1.807) is 18.2 Å². The second kappa shape index (κ2) is 17.4. The Balaban J connectivity index is 2.45. The number of benzene rings is 1. The predicted octanol–water partition coefficient (Wildman–Crippen LogP) is 8.04. The van der Waals surface area contributed by atoms with Crippen LogP contribution in [0.3, 0.4) is 0 Å². The van der Waals surface area contributed by atoms with Crippen molar-refractivity contribution < 1.29 is 23.8 Å². The summed E-state index contributed by atoms with van der Waals surface area (Å²) in [6.07, 6.45) is 14.2. The molecule has 194 valence electrons. The zero-order valence-corrected chi connectivity index (χ0v) is 22.3. The molecule has 0 saturated heterocycles. The van der Waals surface area contributed by atoms with Crippen LogP contribution >= 0.6 is 0 Å². The first-order chi connectivity index (χ1) is 16.4. The normalized spacial score (nSPS) is 11.5. The third-order valence-electron chi connectivity index (χ3n) is 6.38. The molecule has 0 bridgehead atoms. The van der Waals surface area contributed by atoms with E-state index < -0.39 is 17.4 Å². The molecular weight excluding hydrogens is 428 g/mol. The monoisotopic (exact) mass is 476 g/mol. The van der Waals surface area contributed by atoms with Gasteiger partial charge in [0.25, 0.3) is 0 Å². The molecule has 0 aliphatic heterocycles. The highest BCUT2D eigenvalue weighted by Gasteiger charge is 2.46. The second-order valence-electron chi connectivity index (χ2n) is 9.46. The van der Waals surface area contributed by atoms with Crippen molar-refractivity contribution in [3.63, 3.8) is 0 Å². The molecule has 1 aromatic carbocycles. The number of hydrogen-bond acceptors (Lipinski definition) is 5. The predicted molar refractivity (Wildman–Crippen MR) is 138 cm³/mol. The third-order valence-corrected chi connectivity index (χ3v) is 6.38. The fourth-order valence-corrected chi connectivity index (χ4v) is 4.06. The summed E-state index contributed by atoms with van der Waals surface area (Å²) in [5.41, 5.74) is -1.30. The smallest absolute Gasteiger partial charge is 0.328 e. The molecule has 0 amide bonds. The number of rotatable bonds is 19. The number of ether oxygens (including phenoxy) is 3. The molecule has 0 atom stereocenters. The van der Waals surface area contributed by atoms with Gasteiger partial charge in [-0.3, -0.25) is 9.59 Å². The van der Waals surface area contributed by atoms with Gasteiger partial charge in [0.1, 0.15) is 0 Å². The van der Waals surface area contributed by atoms with Crippen LogP contribution in [0.2, 0.25) is 0 Å². The van der Waals surface area contributed by atoms with E-state index in [2.05, 4.69) is 6.92 Å². The summed E-state index contributed by atoms with van der Waals surface area (Å²) in [5, 5.41) is 0. The van der Waals surface area contributed by atoms with Gasteiger partial charge in [0.15, 0.2) is 16.9 Å². The van der Waals surface area contributed by atoms with Crippen molar-refractivity contribution in [3.05, 3.63) is 24.3 Å². The van der Waals surface area contributed by atoms with Crippen LogP contribution in [0.25, 0.3) is 0 Å². The van der Waals surface area contributed by atoms with E-state index in [1.165, 1.54) is 51.4 Å². The van der Waals surface area contributed by atoms with Crippen LogP contribution in [-0.2, 0) is 14.3 Å². The molecule has 0 N–H and O–H groups in total. The maximum atomic E-state index is 13.1. The first-order valence-electron chi connectivity index (χ1n) is 13.6. The Kier molecular flexibility index (Phi) is 15.4. The van der Waals surface area contributed by atoms with Crippen molar-refractivity contribution in [2.45, 2.75) is 124 Å². The van der Waals surface area contributed by atoms with Gasteiger partial charge in [-0.15, -0.1) is 0 Å². The number of carbonyl (C=O) groups is 2. The van der Waals surface area contributed by atoms with Gasteiger partial charge in [-0.2, -0.15) is 0 Å². The molecule has 0 aliphatic carbocycles. The van der Waals surface area contributed by atoms with Crippen LogP contribution in [0.1, 0.15) is 118 Å². The lowest BCUT2D eigenvalue weighted by atomic mass is 9.82. The van der Waals surface area contributed by atoms with Crippen molar-refractivity contribution in [3.8, 4) is 11.5 Å². The molecular formula is C29H48O5. The van der Waals surface area contributed by atoms with Crippen LogP contribution in [0.5, 0.6) is 11.5 Å². The van der Waals surface area contributed by atoms with E-state index >= 15 is 0 Å². The van der Waals surface area contributed by atoms with Gasteiger partial charge >= 0.3 is 11.9 Å². The summed E-state index contributed by atoms with van der Waals surface area (Å²) < 4.78 is 17.0. The van der Waals surface area contributed by atoms with Gasteiger partial charge in [-0.25, -0.2) is 0 Å². The van der Waals surface area contributed by atoms with Crippen LogP contribution in [0.15, 0.2) is 24.3 Å². The highest BCUT2D eigenvalue weighted by molar-refractivity contribution is 6.00. The molecule has 34 heavy (non-hydrogen) atoms. The highest BCUT2D eigenvalue weighted by Crippen LogP contribution is 2.34. The summed E-state index contributed by atoms with van der Waals surface area (Å²) in [6, 6.07) is 7.04. The van der Waals surface area contributed by atoms with Gasteiger partial charge in [0, 0.05) is 0 Å². The maximum Gasteiger partial charge on any atom is 0.328 e. The van der Waals surface area contributed by atoms with E-state index in [-0.39, 0.29) is 6.10 Å². The van der Waals surface area contributed by atoms with Gasteiger partial charge in [-0.05, 0) is 45.2 Å². The lowest BCUT2D eigenvalue weighted by Gasteiger charge is -2.27. The topological polar surface area (TPSA) is 61.8 Å². The Morgan fingerprint density at radius 3 is 1.74 bits per heavy atom.